The summed E-state index contributed by atoms with van der Waals surface area (Å²) < 4.78 is 13.5. The molecule has 1 fully saturated rings. The highest BCUT2D eigenvalue weighted by molar-refractivity contribution is 6.02. The van der Waals surface area contributed by atoms with Crippen LogP contribution < -0.4 is 10.2 Å². The molecule has 1 aliphatic rings. The topological polar surface area (TPSA) is 58.1 Å². The number of rotatable bonds is 3. The van der Waals surface area contributed by atoms with Crippen LogP contribution in [0.2, 0.25) is 0 Å². The molecule has 1 aromatic carbocycles. The van der Waals surface area contributed by atoms with Crippen molar-refractivity contribution in [2.75, 3.05) is 23.3 Å². The summed E-state index contributed by atoms with van der Waals surface area (Å²) >= 11 is 0. The Morgan fingerprint density at radius 1 is 1.22 bits per heavy atom. The molecule has 0 unspecified atom stereocenters. The van der Waals surface area contributed by atoms with Gasteiger partial charge in [0.25, 0.3) is 5.91 Å². The first-order valence-corrected chi connectivity index (χ1v) is 7.76. The first-order valence-electron chi connectivity index (χ1n) is 7.76. The van der Waals surface area contributed by atoms with E-state index >= 15 is 0 Å². The van der Waals surface area contributed by atoms with Gasteiger partial charge in [-0.15, -0.1) is 0 Å². The third-order valence-electron chi connectivity index (χ3n) is 4.10. The standard InChI is InChI=1S/C17H19FN4O/c1-12-6-8-22(9-7-12)16-11-19-15(10-20-16)17(23)21-14-5-3-2-4-13(14)18/h2-5,10-12H,6-9H2,1H3,(H,21,23). The minimum Gasteiger partial charge on any atom is -0.355 e. The van der Waals surface area contributed by atoms with E-state index < -0.39 is 11.7 Å². The van der Waals surface area contributed by atoms with Gasteiger partial charge >= 0.3 is 0 Å². The van der Waals surface area contributed by atoms with Crippen molar-refractivity contribution in [1.29, 1.82) is 0 Å². The molecule has 2 aromatic rings. The quantitative estimate of drug-likeness (QED) is 0.946. The summed E-state index contributed by atoms with van der Waals surface area (Å²) in [5.74, 6) is 0.568. The molecule has 1 aromatic heterocycles. The molecule has 3 rings (SSSR count). The number of nitrogens with zero attached hydrogens (tertiary/aromatic N) is 3. The van der Waals surface area contributed by atoms with Crippen LogP contribution in [0.5, 0.6) is 0 Å². The smallest absolute Gasteiger partial charge is 0.275 e. The summed E-state index contributed by atoms with van der Waals surface area (Å²) in [7, 11) is 0. The fourth-order valence-corrected chi connectivity index (χ4v) is 2.59. The normalized spacial score (nSPS) is 15.5. The molecule has 0 spiro atoms. The number of hydrogen-bond donors (Lipinski definition) is 1. The highest BCUT2D eigenvalue weighted by Gasteiger charge is 2.18. The van der Waals surface area contributed by atoms with Crippen molar-refractivity contribution in [2.45, 2.75) is 19.8 Å². The van der Waals surface area contributed by atoms with Gasteiger partial charge in [-0.2, -0.15) is 0 Å². The predicted octanol–water partition coefficient (Wildman–Crippen LogP) is 3.10. The highest BCUT2D eigenvalue weighted by Crippen LogP contribution is 2.20. The van der Waals surface area contributed by atoms with E-state index in [0.29, 0.717) is 0 Å². The average molecular weight is 314 g/mol. The van der Waals surface area contributed by atoms with E-state index in [4.69, 9.17) is 0 Å². The SMILES string of the molecule is CC1CCN(c2cnc(C(=O)Nc3ccccc3F)cn2)CC1. The molecule has 1 amide bonds. The molecule has 6 heteroatoms. The minimum absolute atomic E-state index is 0.133. The van der Waals surface area contributed by atoms with Crippen LogP contribution in [-0.2, 0) is 0 Å². The average Bonchev–Trinajstić information content (AvgIpc) is 2.58. The van der Waals surface area contributed by atoms with E-state index in [9.17, 15) is 9.18 Å². The molecule has 2 heterocycles. The zero-order valence-corrected chi connectivity index (χ0v) is 13.0. The molecule has 1 saturated heterocycles. The Hall–Kier alpha value is -2.50. The maximum Gasteiger partial charge on any atom is 0.275 e. The molecule has 5 nitrogen and oxygen atoms in total. The van der Waals surface area contributed by atoms with Crippen LogP contribution in [0.3, 0.4) is 0 Å². The summed E-state index contributed by atoms with van der Waals surface area (Å²) in [6, 6.07) is 6.02. The molecular formula is C17H19FN4O. The number of hydrogen-bond acceptors (Lipinski definition) is 4. The van der Waals surface area contributed by atoms with Gasteiger partial charge < -0.3 is 10.2 Å². The van der Waals surface area contributed by atoms with E-state index in [2.05, 4.69) is 27.1 Å². The summed E-state index contributed by atoms with van der Waals surface area (Å²) in [5.41, 5.74) is 0.302. The summed E-state index contributed by atoms with van der Waals surface area (Å²) in [6.45, 7) is 4.16. The van der Waals surface area contributed by atoms with Crippen LogP contribution in [0, 0.1) is 11.7 Å². The number of amides is 1. The van der Waals surface area contributed by atoms with Crippen molar-refractivity contribution in [3.8, 4) is 0 Å². The van der Waals surface area contributed by atoms with Crippen molar-refractivity contribution >= 4 is 17.4 Å². The zero-order chi connectivity index (χ0) is 16.2. The van der Waals surface area contributed by atoms with E-state index in [0.717, 1.165) is 37.7 Å². The van der Waals surface area contributed by atoms with Gasteiger partial charge in [0.05, 0.1) is 18.1 Å². The van der Waals surface area contributed by atoms with Gasteiger partial charge in [-0.1, -0.05) is 19.1 Å². The number of para-hydroxylation sites is 1. The van der Waals surface area contributed by atoms with Crippen LogP contribution >= 0.6 is 0 Å². The minimum atomic E-state index is -0.479. The zero-order valence-electron chi connectivity index (χ0n) is 13.0. The van der Waals surface area contributed by atoms with E-state index in [1.807, 2.05) is 0 Å². The maximum atomic E-state index is 13.5. The summed E-state index contributed by atoms with van der Waals surface area (Å²) in [5, 5.41) is 2.50. The molecule has 1 aliphatic heterocycles. The highest BCUT2D eigenvalue weighted by atomic mass is 19.1. The van der Waals surface area contributed by atoms with Gasteiger partial charge in [-0.3, -0.25) is 4.79 Å². The number of anilines is 2. The van der Waals surface area contributed by atoms with Gasteiger partial charge in [-0.05, 0) is 30.9 Å². The van der Waals surface area contributed by atoms with Gasteiger partial charge in [0, 0.05) is 13.1 Å². The van der Waals surface area contributed by atoms with Crippen LogP contribution in [0.1, 0.15) is 30.3 Å². The fourth-order valence-electron chi connectivity index (χ4n) is 2.59. The first-order chi connectivity index (χ1) is 11.1. The number of nitrogens with one attached hydrogen (secondary N) is 1. The lowest BCUT2D eigenvalue weighted by atomic mass is 9.99. The van der Waals surface area contributed by atoms with Crippen molar-refractivity contribution in [1.82, 2.24) is 9.97 Å². The van der Waals surface area contributed by atoms with E-state index in [1.54, 1.807) is 18.3 Å². The van der Waals surface area contributed by atoms with E-state index in [-0.39, 0.29) is 11.4 Å². The molecule has 1 N–H and O–H groups in total. The largest absolute Gasteiger partial charge is 0.355 e. The third-order valence-corrected chi connectivity index (χ3v) is 4.10. The molecule has 23 heavy (non-hydrogen) atoms. The number of halogens is 1. The van der Waals surface area contributed by atoms with Gasteiger partial charge in [-0.25, -0.2) is 14.4 Å². The second-order valence-corrected chi connectivity index (χ2v) is 5.86. The summed E-state index contributed by atoms with van der Waals surface area (Å²) in [6.07, 6.45) is 5.31. The first kappa shape index (κ1) is 15.4. The van der Waals surface area contributed by atoms with Crippen molar-refractivity contribution in [3.05, 3.63) is 48.2 Å². The Morgan fingerprint density at radius 3 is 2.61 bits per heavy atom. The van der Waals surface area contributed by atoms with Crippen LogP contribution in [0.4, 0.5) is 15.9 Å². The van der Waals surface area contributed by atoms with Crippen molar-refractivity contribution < 1.29 is 9.18 Å². The lowest BCUT2D eigenvalue weighted by molar-refractivity contribution is 0.102. The van der Waals surface area contributed by atoms with Crippen molar-refractivity contribution in [2.24, 2.45) is 5.92 Å². The Labute approximate surface area is 134 Å². The number of benzene rings is 1. The predicted molar refractivity (Wildman–Crippen MR) is 87.0 cm³/mol. The van der Waals surface area contributed by atoms with Gasteiger partial charge in [0.1, 0.15) is 17.3 Å². The van der Waals surface area contributed by atoms with E-state index in [1.165, 1.54) is 18.3 Å². The second kappa shape index (κ2) is 6.73. The summed E-state index contributed by atoms with van der Waals surface area (Å²) in [4.78, 5) is 22.8. The molecule has 0 atom stereocenters. The van der Waals surface area contributed by atoms with Crippen molar-refractivity contribution in [3.63, 3.8) is 0 Å². The molecule has 0 radical (unpaired) electrons. The Morgan fingerprint density at radius 2 is 1.96 bits per heavy atom. The lowest BCUT2D eigenvalue weighted by Crippen LogP contribution is -2.33. The van der Waals surface area contributed by atoms with Crippen LogP contribution in [0.15, 0.2) is 36.7 Å². The Kier molecular flexibility index (Phi) is 4.50. The number of carbonyl (C=O) groups is 1. The molecule has 0 bridgehead atoms. The van der Waals surface area contributed by atoms with Crippen LogP contribution in [-0.4, -0.2) is 29.0 Å². The van der Waals surface area contributed by atoms with Gasteiger partial charge in [0.15, 0.2) is 0 Å². The number of piperidine rings is 1. The second-order valence-electron chi connectivity index (χ2n) is 5.86. The Bertz CT molecular complexity index is 681. The number of aromatic nitrogens is 2. The molecule has 0 aliphatic carbocycles. The van der Waals surface area contributed by atoms with Gasteiger partial charge in [0.2, 0.25) is 0 Å². The monoisotopic (exact) mass is 314 g/mol. The molecular weight excluding hydrogens is 295 g/mol. The lowest BCUT2D eigenvalue weighted by Gasteiger charge is -2.30. The maximum absolute atomic E-state index is 13.5. The Balaban J connectivity index is 1.67. The third kappa shape index (κ3) is 3.64. The fraction of sp³-hybridized carbons (Fsp3) is 0.353. The van der Waals surface area contributed by atoms with Crippen LogP contribution in [0.25, 0.3) is 0 Å². The molecule has 0 saturated carbocycles. The molecule has 120 valence electrons. The number of carbonyl (C=O) groups excluding carboxylic acids is 1.